The number of rotatable bonds is 2. The molecule has 0 aromatic rings. The van der Waals surface area contributed by atoms with Crippen LogP contribution in [0.1, 0.15) is 80.1 Å². The summed E-state index contributed by atoms with van der Waals surface area (Å²) in [5.74, 6) is 1.74. The van der Waals surface area contributed by atoms with E-state index in [-0.39, 0.29) is 0 Å². The van der Waals surface area contributed by atoms with Crippen molar-refractivity contribution < 1.29 is 4.79 Å². The van der Waals surface area contributed by atoms with E-state index in [0.29, 0.717) is 27.9 Å². The van der Waals surface area contributed by atoms with Crippen LogP contribution in [0.25, 0.3) is 0 Å². The van der Waals surface area contributed by atoms with Gasteiger partial charge >= 0.3 is 0 Å². The molecule has 2 rings (SSSR count). The summed E-state index contributed by atoms with van der Waals surface area (Å²) in [6, 6.07) is 0. The molecule has 0 heterocycles. The van der Waals surface area contributed by atoms with Crippen LogP contribution < -0.4 is 0 Å². The van der Waals surface area contributed by atoms with Gasteiger partial charge in [-0.15, -0.1) is 0 Å². The maximum Gasteiger partial charge on any atom is 0.130 e. The molecule has 0 N–H and O–H groups in total. The highest BCUT2D eigenvalue weighted by molar-refractivity contribution is 5.76. The maximum absolute atomic E-state index is 11.8. The molecule has 2 fully saturated rings. The highest BCUT2D eigenvalue weighted by Gasteiger charge is 2.56. The summed E-state index contributed by atoms with van der Waals surface area (Å²) in [6.07, 6.45) is 7.45. The van der Waals surface area contributed by atoms with Crippen molar-refractivity contribution in [2.24, 2.45) is 28.1 Å². The molecule has 1 heteroatoms. The average Bonchev–Trinajstić information content (AvgIpc) is 2.22. The molecule has 0 saturated heterocycles. The van der Waals surface area contributed by atoms with Gasteiger partial charge in [0.15, 0.2) is 0 Å². The lowest BCUT2D eigenvalue weighted by atomic mass is 9.43. The lowest BCUT2D eigenvalue weighted by Crippen LogP contribution is -2.54. The van der Waals surface area contributed by atoms with E-state index >= 15 is 0 Å². The summed E-state index contributed by atoms with van der Waals surface area (Å²) in [5, 5.41) is 0. The molecule has 0 aliphatic heterocycles. The van der Waals surface area contributed by atoms with Crippen molar-refractivity contribution in [2.45, 2.75) is 80.1 Å². The maximum atomic E-state index is 11.8. The van der Waals surface area contributed by atoms with Crippen LogP contribution in [0, 0.1) is 28.1 Å². The predicted molar refractivity (Wildman–Crippen MR) is 81.0 cm³/mol. The van der Waals surface area contributed by atoms with Crippen molar-refractivity contribution in [3.8, 4) is 0 Å². The number of Topliss-reactive ketones (excluding diaryl/α,β-unsaturated/α-hetero) is 1. The summed E-state index contributed by atoms with van der Waals surface area (Å²) >= 11 is 0. The van der Waals surface area contributed by atoms with Gasteiger partial charge in [-0.1, -0.05) is 41.0 Å². The summed E-state index contributed by atoms with van der Waals surface area (Å²) in [6.45, 7) is 14.0. The highest BCUT2D eigenvalue weighted by Crippen LogP contribution is 2.64. The number of fused-ring (bicyclic) bond motifs is 1. The van der Waals surface area contributed by atoms with Gasteiger partial charge in [-0.2, -0.15) is 0 Å². The molecule has 0 bridgehead atoms. The quantitative estimate of drug-likeness (QED) is 0.667. The lowest BCUT2D eigenvalue weighted by molar-refractivity contribution is -0.140. The number of carbonyl (C=O) groups excluding carboxylic acids is 1. The first-order valence-electron chi connectivity index (χ1n) is 8.09. The minimum atomic E-state index is 0.324. The van der Waals surface area contributed by atoms with Crippen molar-refractivity contribution >= 4 is 5.78 Å². The molecule has 2 saturated carbocycles. The zero-order chi connectivity index (χ0) is 14.5. The Labute approximate surface area is 119 Å². The number of ketones is 1. The first-order valence-corrected chi connectivity index (χ1v) is 8.09. The second-order valence-electron chi connectivity index (χ2n) is 8.89. The van der Waals surface area contributed by atoms with E-state index in [9.17, 15) is 4.79 Å². The van der Waals surface area contributed by atoms with E-state index < -0.39 is 0 Å². The molecule has 2 aliphatic rings. The first kappa shape index (κ1) is 15.1. The van der Waals surface area contributed by atoms with Gasteiger partial charge in [-0.25, -0.2) is 0 Å². The van der Waals surface area contributed by atoms with Gasteiger partial charge in [0.05, 0.1) is 0 Å². The Hall–Kier alpha value is -0.330. The Kier molecular flexibility index (Phi) is 3.65. The van der Waals surface area contributed by atoms with Crippen molar-refractivity contribution in [3.05, 3.63) is 0 Å². The monoisotopic (exact) mass is 264 g/mol. The van der Waals surface area contributed by atoms with Crippen LogP contribution in [0.5, 0.6) is 0 Å². The highest BCUT2D eigenvalue weighted by atomic mass is 16.1. The van der Waals surface area contributed by atoms with Crippen LogP contribution in [-0.4, -0.2) is 5.78 Å². The molecule has 1 nitrogen and oxygen atoms in total. The summed E-state index contributed by atoms with van der Waals surface area (Å²) in [7, 11) is 0. The van der Waals surface area contributed by atoms with Crippen LogP contribution in [0.2, 0.25) is 0 Å². The molecule has 0 amide bonds. The van der Waals surface area contributed by atoms with Crippen molar-refractivity contribution in [3.63, 3.8) is 0 Å². The molecule has 3 atom stereocenters. The van der Waals surface area contributed by atoms with Gasteiger partial charge in [-0.05, 0) is 60.7 Å². The normalized spacial score (nSPS) is 40.5. The third-order valence-electron chi connectivity index (χ3n) is 6.58. The molecule has 2 aliphatic carbocycles. The molecule has 0 aromatic heterocycles. The first-order chi connectivity index (χ1) is 8.59. The zero-order valence-electron chi connectivity index (χ0n) is 13.8. The SMILES string of the molecule is CC(=O)CC1C(C)(C)CCC2C(C)(C)CCC[C@@]21C. The van der Waals surface area contributed by atoms with E-state index in [2.05, 4.69) is 34.6 Å². The van der Waals surface area contributed by atoms with Crippen molar-refractivity contribution in [1.29, 1.82) is 0 Å². The third-order valence-corrected chi connectivity index (χ3v) is 6.58. The number of hydrogen-bond donors (Lipinski definition) is 0. The molecule has 0 spiro atoms. The Morgan fingerprint density at radius 1 is 1.00 bits per heavy atom. The average molecular weight is 264 g/mol. The van der Waals surface area contributed by atoms with Gasteiger partial charge in [0.1, 0.15) is 5.78 Å². The second kappa shape index (κ2) is 4.60. The zero-order valence-corrected chi connectivity index (χ0v) is 13.8. The van der Waals surface area contributed by atoms with Crippen molar-refractivity contribution in [2.75, 3.05) is 0 Å². The summed E-state index contributed by atoms with van der Waals surface area (Å²) in [4.78, 5) is 11.8. The standard InChI is InChI=1S/C18H32O/c1-13(19)12-15-17(4,5)11-8-14-16(2,3)9-7-10-18(14,15)6/h14-15H,7-12H2,1-6H3/t14?,15?,18-/m0/s1. The molecular formula is C18H32O. The fraction of sp³-hybridized carbons (Fsp3) is 0.944. The Balaban J connectivity index is 2.38. The van der Waals surface area contributed by atoms with Gasteiger partial charge in [-0.3, -0.25) is 0 Å². The molecule has 0 aromatic carbocycles. The fourth-order valence-electron chi connectivity index (χ4n) is 5.68. The molecule has 19 heavy (non-hydrogen) atoms. The smallest absolute Gasteiger partial charge is 0.130 e. The Morgan fingerprint density at radius 2 is 1.63 bits per heavy atom. The van der Waals surface area contributed by atoms with Gasteiger partial charge < -0.3 is 4.79 Å². The molecule has 0 radical (unpaired) electrons. The van der Waals surface area contributed by atoms with Crippen LogP contribution in [-0.2, 0) is 4.79 Å². The van der Waals surface area contributed by atoms with Crippen LogP contribution in [0.3, 0.4) is 0 Å². The van der Waals surface area contributed by atoms with E-state index in [1.165, 1.54) is 32.1 Å². The van der Waals surface area contributed by atoms with Crippen LogP contribution in [0.4, 0.5) is 0 Å². The minimum absolute atomic E-state index is 0.324. The van der Waals surface area contributed by atoms with E-state index in [1.54, 1.807) is 6.92 Å². The fourth-order valence-corrected chi connectivity index (χ4v) is 5.68. The largest absolute Gasteiger partial charge is 0.300 e. The van der Waals surface area contributed by atoms with Crippen molar-refractivity contribution in [1.82, 2.24) is 0 Å². The van der Waals surface area contributed by atoms with Crippen LogP contribution in [0.15, 0.2) is 0 Å². The number of carbonyl (C=O) groups is 1. The second-order valence-corrected chi connectivity index (χ2v) is 8.89. The summed E-state index contributed by atoms with van der Waals surface area (Å²) < 4.78 is 0. The van der Waals surface area contributed by atoms with Crippen LogP contribution >= 0.6 is 0 Å². The number of hydrogen-bond acceptors (Lipinski definition) is 1. The summed E-state index contributed by atoms with van der Waals surface area (Å²) in [5.41, 5.74) is 1.15. The molecular weight excluding hydrogens is 232 g/mol. The van der Waals surface area contributed by atoms with Gasteiger partial charge in [0.25, 0.3) is 0 Å². The third kappa shape index (κ3) is 2.50. The molecule has 2 unspecified atom stereocenters. The lowest BCUT2D eigenvalue weighted by Gasteiger charge is -2.62. The van der Waals surface area contributed by atoms with E-state index in [4.69, 9.17) is 0 Å². The predicted octanol–water partition coefficient (Wildman–Crippen LogP) is 5.23. The molecule has 110 valence electrons. The van der Waals surface area contributed by atoms with E-state index in [1.807, 2.05) is 0 Å². The van der Waals surface area contributed by atoms with Gasteiger partial charge in [0.2, 0.25) is 0 Å². The van der Waals surface area contributed by atoms with Gasteiger partial charge in [0, 0.05) is 6.42 Å². The Morgan fingerprint density at radius 3 is 2.21 bits per heavy atom. The van der Waals surface area contributed by atoms with E-state index in [0.717, 1.165) is 12.3 Å². The topological polar surface area (TPSA) is 17.1 Å². The minimum Gasteiger partial charge on any atom is -0.300 e. The Bertz CT molecular complexity index is 366.